The van der Waals surface area contributed by atoms with Crippen molar-refractivity contribution in [2.75, 3.05) is 18.0 Å². The van der Waals surface area contributed by atoms with Crippen LogP contribution in [0.15, 0.2) is 30.5 Å². The van der Waals surface area contributed by atoms with Crippen molar-refractivity contribution < 1.29 is 4.79 Å². The van der Waals surface area contributed by atoms with Crippen molar-refractivity contribution in [3.8, 4) is 6.07 Å². The molecule has 1 amide bonds. The molecular formula is C22H24ClN5O. The first-order valence-electron chi connectivity index (χ1n) is 10.1. The molecule has 0 radical (unpaired) electrons. The quantitative estimate of drug-likeness (QED) is 0.755. The Morgan fingerprint density at radius 3 is 2.52 bits per heavy atom. The van der Waals surface area contributed by atoms with E-state index in [0.29, 0.717) is 17.4 Å². The minimum Gasteiger partial charge on any atom is -0.349 e. The molecule has 7 heteroatoms. The third-order valence-corrected chi connectivity index (χ3v) is 6.13. The number of hydrogen-bond donors (Lipinski definition) is 1. The van der Waals surface area contributed by atoms with Crippen LogP contribution in [0.5, 0.6) is 0 Å². The maximum Gasteiger partial charge on any atom is 0.226 e. The number of nitriles is 1. The minimum absolute atomic E-state index is 0.0391. The number of nitrogens with zero attached hydrogens (tertiary/aromatic N) is 4. The van der Waals surface area contributed by atoms with E-state index in [2.05, 4.69) is 44.5 Å². The van der Waals surface area contributed by atoms with Crippen molar-refractivity contribution in [3.05, 3.63) is 52.3 Å². The zero-order valence-electron chi connectivity index (χ0n) is 16.4. The lowest BCUT2D eigenvalue weighted by Crippen LogP contribution is -2.34. The van der Waals surface area contributed by atoms with Crippen LogP contribution in [0.4, 0.5) is 5.95 Å². The van der Waals surface area contributed by atoms with Crippen LogP contribution in [0.25, 0.3) is 0 Å². The maximum absolute atomic E-state index is 12.0. The van der Waals surface area contributed by atoms with Crippen LogP contribution in [-0.2, 0) is 4.79 Å². The monoisotopic (exact) mass is 409 g/mol. The van der Waals surface area contributed by atoms with Gasteiger partial charge in [-0.1, -0.05) is 35.9 Å². The number of aromatic nitrogens is 2. The van der Waals surface area contributed by atoms with E-state index >= 15 is 0 Å². The SMILES string of the molecule is C[C@H](NC(=O)C1CC1)c1ccc(C2CCN(c3ncc(C#N)c(Cl)n3)CC2)cc1. The summed E-state index contributed by atoms with van der Waals surface area (Å²) in [5, 5.41) is 12.3. The summed E-state index contributed by atoms with van der Waals surface area (Å²) in [7, 11) is 0. The molecule has 150 valence electrons. The first-order chi connectivity index (χ1) is 14.0. The molecule has 0 unspecified atom stereocenters. The lowest BCUT2D eigenvalue weighted by atomic mass is 9.88. The molecule has 2 heterocycles. The Bertz CT molecular complexity index is 927. The van der Waals surface area contributed by atoms with Crippen LogP contribution >= 0.6 is 11.6 Å². The zero-order chi connectivity index (χ0) is 20.4. The van der Waals surface area contributed by atoms with E-state index < -0.39 is 0 Å². The molecule has 1 aromatic heterocycles. The second kappa shape index (κ2) is 8.38. The normalized spacial score (nSPS) is 18.2. The zero-order valence-corrected chi connectivity index (χ0v) is 17.2. The Labute approximate surface area is 175 Å². The highest BCUT2D eigenvalue weighted by atomic mass is 35.5. The van der Waals surface area contributed by atoms with Gasteiger partial charge in [0.25, 0.3) is 0 Å². The molecule has 4 rings (SSSR count). The van der Waals surface area contributed by atoms with Gasteiger partial charge in [0.2, 0.25) is 11.9 Å². The molecule has 1 atom stereocenters. The fourth-order valence-corrected chi connectivity index (χ4v) is 3.98. The molecule has 1 aliphatic heterocycles. The molecule has 1 aromatic carbocycles. The lowest BCUT2D eigenvalue weighted by molar-refractivity contribution is -0.122. The van der Waals surface area contributed by atoms with Crippen molar-refractivity contribution in [1.29, 1.82) is 5.26 Å². The summed E-state index contributed by atoms with van der Waals surface area (Å²) >= 11 is 6.04. The highest BCUT2D eigenvalue weighted by Crippen LogP contribution is 2.32. The summed E-state index contributed by atoms with van der Waals surface area (Å²) in [6.07, 6.45) is 5.55. The van der Waals surface area contributed by atoms with Crippen molar-refractivity contribution in [1.82, 2.24) is 15.3 Å². The van der Waals surface area contributed by atoms with Gasteiger partial charge in [0.1, 0.15) is 11.6 Å². The Morgan fingerprint density at radius 1 is 1.24 bits per heavy atom. The minimum atomic E-state index is 0.0391. The van der Waals surface area contributed by atoms with Crippen LogP contribution in [0, 0.1) is 17.2 Å². The number of rotatable bonds is 5. The van der Waals surface area contributed by atoms with E-state index in [1.807, 2.05) is 13.0 Å². The Morgan fingerprint density at radius 2 is 1.93 bits per heavy atom. The van der Waals surface area contributed by atoms with Gasteiger partial charge < -0.3 is 10.2 Å². The fraction of sp³-hybridized carbons (Fsp3) is 0.455. The van der Waals surface area contributed by atoms with E-state index in [4.69, 9.17) is 16.9 Å². The summed E-state index contributed by atoms with van der Waals surface area (Å²) in [5.41, 5.74) is 2.77. The van der Waals surface area contributed by atoms with Gasteiger partial charge in [0, 0.05) is 19.0 Å². The molecule has 0 bridgehead atoms. The number of hydrogen-bond acceptors (Lipinski definition) is 5. The van der Waals surface area contributed by atoms with E-state index in [9.17, 15) is 4.79 Å². The lowest BCUT2D eigenvalue weighted by Gasteiger charge is -2.32. The smallest absolute Gasteiger partial charge is 0.226 e. The van der Waals surface area contributed by atoms with Crippen molar-refractivity contribution in [3.63, 3.8) is 0 Å². The summed E-state index contributed by atoms with van der Waals surface area (Å²) in [6.45, 7) is 3.74. The number of carbonyl (C=O) groups excluding carboxylic acids is 1. The third-order valence-electron chi connectivity index (χ3n) is 5.84. The summed E-state index contributed by atoms with van der Waals surface area (Å²) in [6, 6.07) is 10.7. The van der Waals surface area contributed by atoms with Gasteiger partial charge in [0.15, 0.2) is 5.15 Å². The molecule has 29 heavy (non-hydrogen) atoms. The van der Waals surface area contributed by atoms with Crippen LogP contribution in [0.3, 0.4) is 0 Å². The molecule has 1 saturated heterocycles. The van der Waals surface area contributed by atoms with Crippen molar-refractivity contribution >= 4 is 23.5 Å². The van der Waals surface area contributed by atoms with Crippen LogP contribution < -0.4 is 10.2 Å². The topological polar surface area (TPSA) is 81.9 Å². The number of carbonyl (C=O) groups is 1. The van der Waals surface area contributed by atoms with E-state index in [1.54, 1.807) is 0 Å². The van der Waals surface area contributed by atoms with Crippen LogP contribution in [-0.4, -0.2) is 29.0 Å². The average molecular weight is 410 g/mol. The van der Waals surface area contributed by atoms with Gasteiger partial charge in [-0.3, -0.25) is 4.79 Å². The number of benzene rings is 1. The Kier molecular flexibility index (Phi) is 5.68. The summed E-state index contributed by atoms with van der Waals surface area (Å²) < 4.78 is 0. The molecule has 2 aromatic rings. The molecule has 1 N–H and O–H groups in total. The number of nitrogens with one attached hydrogen (secondary N) is 1. The van der Waals surface area contributed by atoms with Crippen LogP contribution in [0.1, 0.15) is 61.3 Å². The molecular weight excluding hydrogens is 386 g/mol. The standard InChI is InChI=1S/C22H24ClN5O/c1-14(26-21(29)18-6-7-18)15-2-4-16(5-3-15)17-8-10-28(11-9-17)22-25-13-19(12-24)20(23)27-22/h2-5,13-14,17-18H,6-11H2,1H3,(H,26,29)/t14-/m0/s1. The van der Waals surface area contributed by atoms with Crippen LogP contribution in [0.2, 0.25) is 5.15 Å². The predicted octanol–water partition coefficient (Wildman–Crippen LogP) is 3.97. The second-order valence-electron chi connectivity index (χ2n) is 7.92. The van der Waals surface area contributed by atoms with Gasteiger partial charge >= 0.3 is 0 Å². The van der Waals surface area contributed by atoms with E-state index in [-0.39, 0.29) is 23.0 Å². The van der Waals surface area contributed by atoms with Gasteiger partial charge in [-0.25, -0.2) is 4.98 Å². The Hall–Kier alpha value is -2.65. The van der Waals surface area contributed by atoms with Gasteiger partial charge in [-0.15, -0.1) is 0 Å². The second-order valence-corrected chi connectivity index (χ2v) is 8.28. The molecule has 2 fully saturated rings. The largest absolute Gasteiger partial charge is 0.349 e. The van der Waals surface area contributed by atoms with Gasteiger partial charge in [-0.05, 0) is 49.7 Å². The number of amides is 1. The average Bonchev–Trinajstić information content (AvgIpc) is 3.59. The Balaban J connectivity index is 1.34. The summed E-state index contributed by atoms with van der Waals surface area (Å²) in [5.74, 6) is 1.49. The van der Waals surface area contributed by atoms with E-state index in [0.717, 1.165) is 44.3 Å². The van der Waals surface area contributed by atoms with Crippen molar-refractivity contribution in [2.24, 2.45) is 5.92 Å². The fourth-order valence-electron chi connectivity index (χ4n) is 3.81. The molecule has 1 saturated carbocycles. The molecule has 6 nitrogen and oxygen atoms in total. The highest BCUT2D eigenvalue weighted by Gasteiger charge is 2.30. The highest BCUT2D eigenvalue weighted by molar-refractivity contribution is 6.30. The molecule has 2 aliphatic rings. The van der Waals surface area contributed by atoms with Crippen molar-refractivity contribution in [2.45, 2.75) is 44.6 Å². The van der Waals surface area contributed by atoms with Gasteiger partial charge in [-0.2, -0.15) is 10.2 Å². The number of halogens is 1. The third kappa shape index (κ3) is 4.51. The molecule has 0 spiro atoms. The summed E-state index contributed by atoms with van der Waals surface area (Å²) in [4.78, 5) is 22.6. The predicted molar refractivity (Wildman–Crippen MR) is 112 cm³/mol. The number of piperidine rings is 1. The molecule has 1 aliphatic carbocycles. The van der Waals surface area contributed by atoms with Gasteiger partial charge in [0.05, 0.1) is 12.2 Å². The maximum atomic E-state index is 12.0. The van der Waals surface area contributed by atoms with E-state index in [1.165, 1.54) is 11.8 Å². The first-order valence-corrected chi connectivity index (χ1v) is 10.5. The first kappa shape index (κ1) is 19.7. The number of anilines is 1.